The van der Waals surface area contributed by atoms with Crippen LogP contribution >= 0.6 is 23.4 Å². The van der Waals surface area contributed by atoms with Crippen LogP contribution in [0.4, 0.5) is 0 Å². The Labute approximate surface area is 144 Å². The van der Waals surface area contributed by atoms with Crippen molar-refractivity contribution >= 4 is 29.3 Å². The maximum absolute atomic E-state index is 12.6. The van der Waals surface area contributed by atoms with Gasteiger partial charge in [0.2, 0.25) is 6.10 Å². The van der Waals surface area contributed by atoms with Crippen molar-refractivity contribution in [2.45, 2.75) is 17.4 Å². The fourth-order valence-electron chi connectivity index (χ4n) is 3.28. The number of rotatable bonds is 3. The van der Waals surface area contributed by atoms with Gasteiger partial charge in [0.1, 0.15) is 5.75 Å². The lowest BCUT2D eigenvalue weighted by Crippen LogP contribution is -2.73. The van der Waals surface area contributed by atoms with Crippen LogP contribution in [-0.2, 0) is 9.67 Å². The highest BCUT2D eigenvalue weighted by Crippen LogP contribution is 2.54. The van der Waals surface area contributed by atoms with Crippen molar-refractivity contribution in [3.63, 3.8) is 0 Å². The Morgan fingerprint density at radius 1 is 1.13 bits per heavy atom. The molecule has 0 spiro atoms. The van der Waals surface area contributed by atoms with E-state index in [1.807, 2.05) is 35.2 Å². The number of fused-ring (bicyclic) bond motifs is 1. The Kier molecular flexibility index (Phi) is 3.74. The highest BCUT2D eigenvalue weighted by Gasteiger charge is 2.64. The molecule has 2 saturated heterocycles. The summed E-state index contributed by atoms with van der Waals surface area (Å²) in [6.07, 6.45) is 0.537. The highest BCUT2D eigenvalue weighted by molar-refractivity contribution is 8.00. The van der Waals surface area contributed by atoms with Gasteiger partial charge in [0.25, 0.3) is 5.91 Å². The van der Waals surface area contributed by atoms with E-state index in [1.54, 1.807) is 23.9 Å². The third kappa shape index (κ3) is 2.32. The molecule has 2 aromatic rings. The summed E-state index contributed by atoms with van der Waals surface area (Å²) in [4.78, 5) is 14.2. The predicted octanol–water partition coefficient (Wildman–Crippen LogP) is 3.92. The Bertz CT molecular complexity index is 722. The lowest BCUT2D eigenvalue weighted by atomic mass is 9.88. The van der Waals surface area contributed by atoms with E-state index in [9.17, 15) is 4.79 Å². The number of benzene rings is 2. The molecule has 0 aromatic heterocycles. The van der Waals surface area contributed by atoms with Gasteiger partial charge in [-0.05, 0) is 42.0 Å². The van der Waals surface area contributed by atoms with E-state index in [2.05, 4.69) is 12.1 Å². The van der Waals surface area contributed by atoms with E-state index in [-0.39, 0.29) is 5.91 Å². The average molecular weight is 346 g/mol. The normalized spacial score (nSPS) is 26.4. The summed E-state index contributed by atoms with van der Waals surface area (Å²) in [6.45, 7) is 0.793. The second kappa shape index (κ2) is 5.77. The van der Waals surface area contributed by atoms with Crippen LogP contribution in [-0.4, -0.2) is 29.2 Å². The smallest absolute Gasteiger partial charge is 0.268 e. The molecular weight excluding hydrogens is 330 g/mol. The van der Waals surface area contributed by atoms with Crippen molar-refractivity contribution in [1.82, 2.24) is 4.90 Å². The Balaban J connectivity index is 1.70. The molecule has 0 aliphatic carbocycles. The molecule has 1 amide bonds. The number of β-lactam (4-membered cyclic amide) rings is 1. The maximum Gasteiger partial charge on any atom is 0.268 e. The number of amides is 1. The fourth-order valence-corrected chi connectivity index (χ4v) is 4.93. The molecule has 2 fully saturated rings. The van der Waals surface area contributed by atoms with Crippen molar-refractivity contribution in [3.05, 3.63) is 65.2 Å². The fraction of sp³-hybridized carbons (Fsp3) is 0.278. The third-order valence-corrected chi connectivity index (χ3v) is 6.20. The van der Waals surface area contributed by atoms with Crippen LogP contribution in [0.15, 0.2) is 54.6 Å². The van der Waals surface area contributed by atoms with E-state index >= 15 is 0 Å². The molecule has 4 rings (SSSR count). The number of carbonyl (C=O) groups excluding carboxylic acids is 1. The summed E-state index contributed by atoms with van der Waals surface area (Å²) in [7, 11) is 0. The quantitative estimate of drug-likeness (QED) is 0.790. The number of ether oxygens (including phenoxy) is 1. The first-order valence-corrected chi connectivity index (χ1v) is 9.01. The first-order valence-electron chi connectivity index (χ1n) is 7.65. The van der Waals surface area contributed by atoms with E-state index < -0.39 is 11.0 Å². The number of thioether (sulfide) groups is 1. The summed E-state index contributed by atoms with van der Waals surface area (Å²) >= 11 is 7.73. The van der Waals surface area contributed by atoms with Gasteiger partial charge in [0.05, 0.1) is 0 Å². The van der Waals surface area contributed by atoms with Gasteiger partial charge < -0.3 is 9.64 Å². The average Bonchev–Trinajstić information content (AvgIpc) is 2.61. The van der Waals surface area contributed by atoms with Crippen molar-refractivity contribution in [2.75, 3.05) is 12.3 Å². The van der Waals surface area contributed by atoms with E-state index in [0.717, 1.165) is 24.3 Å². The van der Waals surface area contributed by atoms with Crippen molar-refractivity contribution in [3.8, 4) is 5.75 Å². The second-order valence-corrected chi connectivity index (χ2v) is 7.46. The second-order valence-electron chi connectivity index (χ2n) is 5.71. The minimum atomic E-state index is -0.489. The van der Waals surface area contributed by atoms with Gasteiger partial charge in [0.15, 0.2) is 4.87 Å². The van der Waals surface area contributed by atoms with Crippen molar-refractivity contribution in [1.29, 1.82) is 0 Å². The van der Waals surface area contributed by atoms with E-state index in [1.165, 1.54) is 0 Å². The molecule has 2 unspecified atom stereocenters. The summed E-state index contributed by atoms with van der Waals surface area (Å²) in [6, 6.07) is 17.4. The molecule has 3 nitrogen and oxygen atoms in total. The Morgan fingerprint density at radius 3 is 2.61 bits per heavy atom. The molecule has 2 atom stereocenters. The zero-order valence-electron chi connectivity index (χ0n) is 12.4. The molecule has 5 heteroatoms. The molecule has 2 aromatic carbocycles. The standard InChI is InChI=1S/C18H16ClNO2S/c19-14-7-9-15(10-8-14)22-16-17(21)20-11-4-12-23-18(16,20)13-5-2-1-3-6-13/h1-3,5-10,16H,4,11-12H2. The SMILES string of the molecule is O=C1C(Oc2ccc(Cl)cc2)C2(c3ccccc3)SCCCN12. The summed E-state index contributed by atoms with van der Waals surface area (Å²) in [5.41, 5.74) is 1.13. The summed E-state index contributed by atoms with van der Waals surface area (Å²) in [5.74, 6) is 1.77. The van der Waals surface area contributed by atoms with E-state index in [0.29, 0.717) is 10.8 Å². The van der Waals surface area contributed by atoms with Crippen LogP contribution < -0.4 is 4.74 Å². The minimum absolute atomic E-state index is 0.0657. The molecule has 2 heterocycles. The van der Waals surface area contributed by atoms with Gasteiger partial charge in [-0.15, -0.1) is 11.8 Å². The van der Waals surface area contributed by atoms with Crippen LogP contribution in [0.3, 0.4) is 0 Å². The molecule has 0 N–H and O–H groups in total. The van der Waals surface area contributed by atoms with Gasteiger partial charge in [0, 0.05) is 11.6 Å². The van der Waals surface area contributed by atoms with Gasteiger partial charge in [-0.1, -0.05) is 41.9 Å². The number of carbonyl (C=O) groups is 1. The largest absolute Gasteiger partial charge is 0.477 e. The zero-order chi connectivity index (χ0) is 15.9. The van der Waals surface area contributed by atoms with Gasteiger partial charge in [-0.2, -0.15) is 0 Å². The van der Waals surface area contributed by atoms with Gasteiger partial charge in [-0.25, -0.2) is 0 Å². The van der Waals surface area contributed by atoms with Crippen LogP contribution in [0, 0.1) is 0 Å². The Morgan fingerprint density at radius 2 is 1.87 bits per heavy atom. The van der Waals surface area contributed by atoms with Crippen molar-refractivity contribution < 1.29 is 9.53 Å². The number of nitrogens with zero attached hydrogens (tertiary/aromatic N) is 1. The Hall–Kier alpha value is -1.65. The molecule has 0 bridgehead atoms. The number of hydrogen-bond acceptors (Lipinski definition) is 3. The number of hydrogen-bond donors (Lipinski definition) is 0. The maximum atomic E-state index is 12.6. The minimum Gasteiger partial charge on any atom is -0.477 e. The molecule has 118 valence electrons. The van der Waals surface area contributed by atoms with Crippen LogP contribution in [0.5, 0.6) is 5.75 Å². The van der Waals surface area contributed by atoms with Crippen LogP contribution in [0.2, 0.25) is 5.02 Å². The third-order valence-electron chi connectivity index (χ3n) is 4.35. The highest BCUT2D eigenvalue weighted by atomic mass is 35.5. The molecule has 0 saturated carbocycles. The summed E-state index contributed by atoms with van der Waals surface area (Å²) in [5, 5.41) is 0.656. The van der Waals surface area contributed by atoms with Crippen LogP contribution in [0.1, 0.15) is 12.0 Å². The van der Waals surface area contributed by atoms with Crippen molar-refractivity contribution in [2.24, 2.45) is 0 Å². The van der Waals surface area contributed by atoms with E-state index in [4.69, 9.17) is 16.3 Å². The summed E-state index contributed by atoms with van der Waals surface area (Å²) < 4.78 is 6.07. The molecule has 0 radical (unpaired) electrons. The van der Waals surface area contributed by atoms with Crippen LogP contribution in [0.25, 0.3) is 0 Å². The number of halogens is 1. The molecule has 2 aliphatic heterocycles. The monoisotopic (exact) mass is 345 g/mol. The molecule has 2 aliphatic rings. The first kappa shape index (κ1) is 14.9. The molecule has 23 heavy (non-hydrogen) atoms. The first-order chi connectivity index (χ1) is 11.2. The topological polar surface area (TPSA) is 29.5 Å². The lowest BCUT2D eigenvalue weighted by molar-refractivity contribution is -0.169. The van der Waals surface area contributed by atoms with Gasteiger partial charge >= 0.3 is 0 Å². The predicted molar refractivity (Wildman–Crippen MR) is 92.8 cm³/mol. The lowest BCUT2D eigenvalue weighted by Gasteiger charge is -2.58. The molecular formula is C18H16ClNO2S. The zero-order valence-corrected chi connectivity index (χ0v) is 14.0. The van der Waals surface area contributed by atoms with Gasteiger partial charge in [-0.3, -0.25) is 4.79 Å².